The summed E-state index contributed by atoms with van der Waals surface area (Å²) < 4.78 is 5.45. The third-order valence-electron chi connectivity index (χ3n) is 2.99. The van der Waals surface area contributed by atoms with Gasteiger partial charge in [-0.2, -0.15) is 0 Å². The molecule has 0 heterocycles. The molecule has 0 saturated carbocycles. The highest BCUT2D eigenvalue weighted by Gasteiger charge is 2.17. The lowest BCUT2D eigenvalue weighted by atomic mass is 10.1. The van der Waals surface area contributed by atoms with Crippen molar-refractivity contribution in [3.8, 4) is 5.75 Å². The molecule has 0 fully saturated rings. The van der Waals surface area contributed by atoms with Gasteiger partial charge in [-0.15, -0.1) is 0 Å². The van der Waals surface area contributed by atoms with Crippen LogP contribution in [0.4, 0.5) is 0 Å². The molecule has 23 heavy (non-hydrogen) atoms. The van der Waals surface area contributed by atoms with Gasteiger partial charge in [0.2, 0.25) is 0 Å². The van der Waals surface area contributed by atoms with Gasteiger partial charge in [-0.25, -0.2) is 4.79 Å². The molecule has 2 aromatic rings. The average Bonchev–Trinajstić information content (AvgIpc) is 2.52. The van der Waals surface area contributed by atoms with Crippen LogP contribution in [-0.4, -0.2) is 17.9 Å². The number of oxime groups is 1. The Morgan fingerprint density at radius 3 is 2.65 bits per heavy atom. The summed E-state index contributed by atoms with van der Waals surface area (Å²) >= 11 is 5.86. The molecule has 0 saturated heterocycles. The molecule has 0 aliphatic heterocycles. The number of nitrogens with two attached hydrogens (primary N) is 1. The van der Waals surface area contributed by atoms with Crippen LogP contribution in [0.15, 0.2) is 53.7 Å². The average molecular weight is 333 g/mol. The van der Waals surface area contributed by atoms with E-state index in [1.165, 1.54) is 0 Å². The van der Waals surface area contributed by atoms with Crippen LogP contribution in [0, 0.1) is 6.92 Å². The molecular weight excluding hydrogens is 316 g/mol. The third-order valence-corrected chi connectivity index (χ3v) is 3.22. The first kappa shape index (κ1) is 16.8. The predicted molar refractivity (Wildman–Crippen MR) is 89.5 cm³/mol. The van der Waals surface area contributed by atoms with E-state index in [1.807, 2.05) is 25.1 Å². The second-order valence-corrected chi connectivity index (χ2v) is 5.41. The quantitative estimate of drug-likeness (QED) is 0.394. The van der Waals surface area contributed by atoms with Crippen molar-refractivity contribution in [3.63, 3.8) is 0 Å². The number of carbonyl (C=O) groups excluding carboxylic acids is 1. The van der Waals surface area contributed by atoms with Gasteiger partial charge in [-0.3, -0.25) is 0 Å². The van der Waals surface area contributed by atoms with Gasteiger partial charge in [0.05, 0.1) is 0 Å². The van der Waals surface area contributed by atoms with E-state index in [2.05, 4.69) is 5.16 Å². The number of halogens is 1. The molecule has 2 rings (SSSR count). The highest BCUT2D eigenvalue weighted by atomic mass is 35.5. The molecule has 0 aliphatic carbocycles. The molecule has 0 amide bonds. The Bertz CT molecular complexity index is 731. The fourth-order valence-corrected chi connectivity index (χ4v) is 2.00. The van der Waals surface area contributed by atoms with Crippen molar-refractivity contribution in [3.05, 3.63) is 64.7 Å². The Balaban J connectivity index is 1.97. The van der Waals surface area contributed by atoms with Crippen LogP contribution < -0.4 is 10.5 Å². The minimum absolute atomic E-state index is 0.122. The lowest BCUT2D eigenvalue weighted by Gasteiger charge is -2.12. The molecule has 2 aromatic carbocycles. The summed E-state index contributed by atoms with van der Waals surface area (Å²) in [6.07, 6.45) is -0.845. The van der Waals surface area contributed by atoms with Crippen LogP contribution >= 0.6 is 11.6 Å². The summed E-state index contributed by atoms with van der Waals surface area (Å²) in [5.41, 5.74) is 7.51. The van der Waals surface area contributed by atoms with Crippen molar-refractivity contribution < 1.29 is 14.4 Å². The topological polar surface area (TPSA) is 73.9 Å². The third kappa shape index (κ3) is 5.00. The van der Waals surface area contributed by atoms with Gasteiger partial charge in [0, 0.05) is 10.6 Å². The Morgan fingerprint density at radius 1 is 1.22 bits per heavy atom. The summed E-state index contributed by atoms with van der Waals surface area (Å²) in [6.45, 7) is 3.49. The number of hydrogen-bond acceptors (Lipinski definition) is 4. The smallest absolute Gasteiger partial charge is 0.374 e. The molecule has 0 aromatic heterocycles. The van der Waals surface area contributed by atoms with E-state index in [4.69, 9.17) is 26.9 Å². The zero-order chi connectivity index (χ0) is 16.8. The highest BCUT2D eigenvalue weighted by molar-refractivity contribution is 6.30. The maximum atomic E-state index is 11.9. The molecule has 1 atom stereocenters. The number of hydrogen-bond donors (Lipinski definition) is 1. The fourth-order valence-electron chi connectivity index (χ4n) is 1.82. The Hall–Kier alpha value is -2.53. The van der Waals surface area contributed by atoms with Gasteiger partial charge >= 0.3 is 5.97 Å². The molecule has 0 aliphatic rings. The van der Waals surface area contributed by atoms with E-state index in [9.17, 15) is 4.79 Å². The minimum Gasteiger partial charge on any atom is -0.479 e. The second-order valence-electron chi connectivity index (χ2n) is 4.97. The van der Waals surface area contributed by atoms with Crippen LogP contribution in [0.1, 0.15) is 18.1 Å². The van der Waals surface area contributed by atoms with Crippen molar-refractivity contribution in [2.75, 3.05) is 0 Å². The van der Waals surface area contributed by atoms with Crippen molar-refractivity contribution in [1.29, 1.82) is 0 Å². The predicted octanol–water partition coefficient (Wildman–Crippen LogP) is 3.28. The zero-order valence-corrected chi connectivity index (χ0v) is 13.6. The number of rotatable bonds is 5. The largest absolute Gasteiger partial charge is 0.479 e. The molecule has 120 valence electrons. The lowest BCUT2D eigenvalue weighted by Crippen LogP contribution is -2.26. The van der Waals surface area contributed by atoms with E-state index in [0.29, 0.717) is 16.3 Å². The molecule has 5 nitrogen and oxygen atoms in total. The van der Waals surface area contributed by atoms with Crippen LogP contribution in [0.5, 0.6) is 5.75 Å². The molecule has 0 bridgehead atoms. The van der Waals surface area contributed by atoms with Gasteiger partial charge in [0.15, 0.2) is 11.9 Å². The number of nitrogens with zero attached hydrogens (tertiary/aromatic N) is 1. The molecule has 0 spiro atoms. The van der Waals surface area contributed by atoms with Crippen molar-refractivity contribution in [2.24, 2.45) is 10.9 Å². The number of aryl methyl sites for hydroxylation is 1. The van der Waals surface area contributed by atoms with Gasteiger partial charge in [0.1, 0.15) is 5.75 Å². The maximum Gasteiger partial charge on any atom is 0.374 e. The Morgan fingerprint density at radius 2 is 1.96 bits per heavy atom. The summed E-state index contributed by atoms with van der Waals surface area (Å²) in [6, 6.07) is 14.1. The molecule has 2 N–H and O–H groups in total. The number of amidine groups is 1. The normalized spacial score (nSPS) is 12.6. The summed E-state index contributed by atoms with van der Waals surface area (Å²) in [5.74, 6) is -0.0600. The summed E-state index contributed by atoms with van der Waals surface area (Å²) in [5, 5.41) is 4.17. The Kier molecular flexibility index (Phi) is 5.60. The van der Waals surface area contributed by atoms with E-state index >= 15 is 0 Å². The van der Waals surface area contributed by atoms with Crippen LogP contribution in [-0.2, 0) is 9.63 Å². The second kappa shape index (κ2) is 7.65. The number of benzene rings is 2. The van der Waals surface area contributed by atoms with Gasteiger partial charge < -0.3 is 15.3 Å². The van der Waals surface area contributed by atoms with E-state index in [-0.39, 0.29) is 5.84 Å². The summed E-state index contributed by atoms with van der Waals surface area (Å²) in [4.78, 5) is 16.7. The molecule has 0 radical (unpaired) electrons. The summed E-state index contributed by atoms with van der Waals surface area (Å²) in [7, 11) is 0. The van der Waals surface area contributed by atoms with E-state index in [1.54, 1.807) is 37.3 Å². The SMILES string of the molecule is Cc1cccc(/C(N)=N/OC(=O)C(C)Oc2cccc(Cl)c2)c1. The van der Waals surface area contributed by atoms with Crippen molar-refractivity contribution >= 4 is 23.4 Å². The van der Waals surface area contributed by atoms with Crippen LogP contribution in [0.3, 0.4) is 0 Å². The first-order chi connectivity index (χ1) is 11.0. The van der Waals surface area contributed by atoms with Gasteiger partial charge in [-0.05, 0) is 38.1 Å². The first-order valence-electron chi connectivity index (χ1n) is 6.99. The standard InChI is InChI=1S/C17H17ClN2O3/c1-11-5-3-6-13(9-11)16(19)20-23-17(21)12(2)22-15-8-4-7-14(18)10-15/h3-10,12H,1-2H3,(H2,19,20). The van der Waals surface area contributed by atoms with E-state index < -0.39 is 12.1 Å². The monoisotopic (exact) mass is 332 g/mol. The first-order valence-corrected chi connectivity index (χ1v) is 7.37. The Labute approximate surface area is 139 Å². The molecule has 6 heteroatoms. The molecule has 1 unspecified atom stereocenters. The highest BCUT2D eigenvalue weighted by Crippen LogP contribution is 2.18. The van der Waals surface area contributed by atoms with Gasteiger partial charge in [-0.1, -0.05) is 46.6 Å². The fraction of sp³-hybridized carbons (Fsp3) is 0.176. The molecular formula is C17H17ClN2O3. The van der Waals surface area contributed by atoms with Crippen molar-refractivity contribution in [2.45, 2.75) is 20.0 Å². The number of ether oxygens (including phenoxy) is 1. The lowest BCUT2D eigenvalue weighted by molar-refractivity contribution is -0.151. The minimum atomic E-state index is -0.845. The van der Waals surface area contributed by atoms with E-state index in [0.717, 1.165) is 5.56 Å². The van der Waals surface area contributed by atoms with Gasteiger partial charge in [0.25, 0.3) is 0 Å². The van der Waals surface area contributed by atoms with Crippen LogP contribution in [0.2, 0.25) is 5.02 Å². The number of carbonyl (C=O) groups is 1. The zero-order valence-electron chi connectivity index (χ0n) is 12.8. The van der Waals surface area contributed by atoms with Crippen molar-refractivity contribution in [1.82, 2.24) is 0 Å². The maximum absolute atomic E-state index is 11.9. The van der Waals surface area contributed by atoms with Crippen LogP contribution in [0.25, 0.3) is 0 Å².